The molecular weight excluding hydrogens is 729 g/mol. The molecule has 2 aromatic carbocycles. The summed E-state index contributed by atoms with van der Waals surface area (Å²) in [6.07, 6.45) is 10.5. The summed E-state index contributed by atoms with van der Waals surface area (Å²) >= 11 is 0. The Labute approximate surface area is 329 Å². The standard InChI is InChI=1S/C42H48N8O7/c1-56-35-21-33-26(19-31(35)39(52)43-32-4-3-13-48(41(32)54)28-9-10-28)24-50(45-33)29-7-5-25(6-8-29)22-46-14-16-47(17-15-46)30-18-27-23-49(34-11-12-37(51)44-40(34)53)42(55)38(27)36(20-30)57-2/h3-4,13,18-21,24-25,28-29,34H,5-12,14-17,22-23H2,1-2H3,(H,43,52)(H,44,51,53). The molecule has 0 spiro atoms. The first-order valence-corrected chi connectivity index (χ1v) is 20.1. The number of rotatable bonds is 10. The van der Waals surface area contributed by atoms with Gasteiger partial charge in [0.15, 0.2) is 0 Å². The van der Waals surface area contributed by atoms with E-state index >= 15 is 0 Å². The van der Waals surface area contributed by atoms with E-state index in [9.17, 15) is 24.0 Å². The van der Waals surface area contributed by atoms with Gasteiger partial charge in [-0.1, -0.05) is 0 Å². The van der Waals surface area contributed by atoms with Crippen LogP contribution in [0, 0.1) is 5.92 Å². The molecule has 57 heavy (non-hydrogen) atoms. The first kappa shape index (κ1) is 36.9. The average Bonchev–Trinajstić information content (AvgIpc) is 3.89. The molecule has 2 saturated heterocycles. The van der Waals surface area contributed by atoms with Gasteiger partial charge < -0.3 is 29.2 Å². The molecule has 2 aromatic heterocycles. The number of pyridine rings is 1. The van der Waals surface area contributed by atoms with Crippen molar-refractivity contribution in [2.45, 2.75) is 76.0 Å². The van der Waals surface area contributed by atoms with E-state index in [1.807, 2.05) is 12.3 Å². The number of carbonyl (C=O) groups excluding carboxylic acids is 4. The molecule has 0 radical (unpaired) electrons. The summed E-state index contributed by atoms with van der Waals surface area (Å²) in [5, 5.41) is 10.9. The Morgan fingerprint density at radius 2 is 1.65 bits per heavy atom. The van der Waals surface area contributed by atoms with Crippen molar-refractivity contribution in [3.05, 3.63) is 75.8 Å². The second kappa shape index (κ2) is 15.0. The van der Waals surface area contributed by atoms with Gasteiger partial charge in [-0.2, -0.15) is 5.10 Å². The maximum Gasteiger partial charge on any atom is 0.274 e. The lowest BCUT2D eigenvalue weighted by Crippen LogP contribution is -2.52. The Morgan fingerprint density at radius 1 is 0.895 bits per heavy atom. The molecule has 9 rings (SSSR count). The number of ether oxygens (including phenoxy) is 2. The van der Waals surface area contributed by atoms with Crippen LogP contribution in [0.1, 0.15) is 89.7 Å². The number of aromatic nitrogens is 3. The predicted molar refractivity (Wildman–Crippen MR) is 212 cm³/mol. The largest absolute Gasteiger partial charge is 0.496 e. The van der Waals surface area contributed by atoms with Crippen molar-refractivity contribution in [3.63, 3.8) is 0 Å². The van der Waals surface area contributed by atoms with Crippen LogP contribution in [0.15, 0.2) is 53.6 Å². The molecule has 1 unspecified atom stereocenters. The molecule has 2 aliphatic carbocycles. The fourth-order valence-corrected chi connectivity index (χ4v) is 9.18. The third kappa shape index (κ3) is 7.13. The number of benzene rings is 2. The SMILES string of the molecule is COc1cc2nn(C3CCC(CN4CCN(c5cc6c(c(OC)c5)C(=O)N(C5CCC(=O)NC5=O)C6)CC4)CC3)cc2cc1C(=O)Nc1cccn(C2CC2)c1=O. The lowest BCUT2D eigenvalue weighted by molar-refractivity contribution is -0.136. The van der Waals surface area contributed by atoms with E-state index in [0.717, 1.165) is 93.4 Å². The van der Waals surface area contributed by atoms with Gasteiger partial charge in [-0.15, -0.1) is 0 Å². The summed E-state index contributed by atoms with van der Waals surface area (Å²) in [5.41, 5.74) is 3.53. The highest BCUT2D eigenvalue weighted by Crippen LogP contribution is 2.39. The minimum Gasteiger partial charge on any atom is -0.496 e. The summed E-state index contributed by atoms with van der Waals surface area (Å²) in [7, 11) is 3.10. The zero-order valence-corrected chi connectivity index (χ0v) is 32.4. The number of nitrogens with one attached hydrogen (secondary N) is 2. The van der Waals surface area contributed by atoms with Crippen molar-refractivity contribution >= 4 is 45.9 Å². The monoisotopic (exact) mass is 776 g/mol. The maximum absolute atomic E-state index is 13.4. The maximum atomic E-state index is 13.4. The third-order valence-corrected chi connectivity index (χ3v) is 12.5. The summed E-state index contributed by atoms with van der Waals surface area (Å²) in [6, 6.07) is 10.8. The molecule has 4 fully saturated rings. The van der Waals surface area contributed by atoms with Crippen molar-refractivity contribution in [1.82, 2.24) is 29.5 Å². The highest BCUT2D eigenvalue weighted by atomic mass is 16.5. The molecule has 5 heterocycles. The molecule has 3 aliphatic heterocycles. The Balaban J connectivity index is 0.792. The van der Waals surface area contributed by atoms with Gasteiger partial charge >= 0.3 is 0 Å². The summed E-state index contributed by atoms with van der Waals surface area (Å²) in [5.74, 6) is 0.173. The highest BCUT2D eigenvalue weighted by Gasteiger charge is 2.41. The summed E-state index contributed by atoms with van der Waals surface area (Å²) in [6.45, 7) is 4.94. The van der Waals surface area contributed by atoms with E-state index in [-0.39, 0.29) is 41.6 Å². The van der Waals surface area contributed by atoms with Gasteiger partial charge in [-0.05, 0) is 80.7 Å². The van der Waals surface area contributed by atoms with E-state index in [0.29, 0.717) is 41.5 Å². The molecule has 5 aliphatic rings. The fraction of sp³-hybridized carbons (Fsp3) is 0.476. The van der Waals surface area contributed by atoms with Crippen LogP contribution in [0.2, 0.25) is 0 Å². The minimum absolute atomic E-state index is 0.197. The lowest BCUT2D eigenvalue weighted by atomic mass is 9.85. The molecule has 4 aromatic rings. The molecular formula is C42H48N8O7. The van der Waals surface area contributed by atoms with Crippen molar-refractivity contribution < 1.29 is 28.7 Å². The molecule has 2 N–H and O–H groups in total. The number of anilines is 2. The van der Waals surface area contributed by atoms with Crippen LogP contribution < -0.4 is 30.6 Å². The van der Waals surface area contributed by atoms with Crippen LogP contribution in [-0.2, 0) is 16.1 Å². The van der Waals surface area contributed by atoms with Crippen molar-refractivity contribution in [3.8, 4) is 11.5 Å². The number of hydrogen-bond acceptors (Lipinski definition) is 10. The van der Waals surface area contributed by atoms with Gasteiger partial charge in [0.1, 0.15) is 23.2 Å². The number of fused-ring (bicyclic) bond motifs is 2. The van der Waals surface area contributed by atoms with Crippen LogP contribution in [-0.4, -0.2) is 101 Å². The average molecular weight is 777 g/mol. The summed E-state index contributed by atoms with van der Waals surface area (Å²) < 4.78 is 15.1. The van der Waals surface area contributed by atoms with Crippen LogP contribution in [0.3, 0.4) is 0 Å². The van der Waals surface area contributed by atoms with Crippen LogP contribution in [0.5, 0.6) is 11.5 Å². The van der Waals surface area contributed by atoms with Crippen molar-refractivity contribution in [2.75, 3.05) is 57.2 Å². The van der Waals surface area contributed by atoms with E-state index < -0.39 is 17.9 Å². The fourth-order valence-electron chi connectivity index (χ4n) is 9.18. The van der Waals surface area contributed by atoms with Crippen molar-refractivity contribution in [2.24, 2.45) is 5.92 Å². The topological polar surface area (TPSA) is 160 Å². The molecule has 2 saturated carbocycles. The van der Waals surface area contributed by atoms with Crippen LogP contribution in [0.4, 0.5) is 11.4 Å². The van der Waals surface area contributed by atoms with E-state index in [1.54, 1.807) is 47.0 Å². The Morgan fingerprint density at radius 3 is 2.37 bits per heavy atom. The number of carbonyl (C=O) groups is 4. The predicted octanol–water partition coefficient (Wildman–Crippen LogP) is 4.12. The van der Waals surface area contributed by atoms with Gasteiger partial charge in [0.05, 0.1) is 36.9 Å². The Bertz CT molecular complexity index is 2320. The number of piperidine rings is 1. The molecule has 0 bridgehead atoms. The number of hydrogen-bond donors (Lipinski definition) is 2. The number of nitrogens with zero attached hydrogens (tertiary/aromatic N) is 6. The van der Waals surface area contributed by atoms with E-state index in [2.05, 4.69) is 31.2 Å². The van der Waals surface area contributed by atoms with Gasteiger partial charge in [0.2, 0.25) is 11.8 Å². The smallest absolute Gasteiger partial charge is 0.274 e. The molecule has 1 atom stereocenters. The van der Waals surface area contributed by atoms with E-state index in [1.165, 1.54) is 7.11 Å². The number of amides is 4. The van der Waals surface area contributed by atoms with E-state index in [4.69, 9.17) is 14.6 Å². The quantitative estimate of drug-likeness (QED) is 0.225. The van der Waals surface area contributed by atoms with Gasteiger partial charge in [-0.3, -0.25) is 38.9 Å². The van der Waals surface area contributed by atoms with Gasteiger partial charge in [0, 0.05) is 87.3 Å². The third-order valence-electron chi connectivity index (χ3n) is 12.5. The van der Waals surface area contributed by atoms with Crippen LogP contribution in [0.25, 0.3) is 10.9 Å². The first-order chi connectivity index (χ1) is 27.7. The first-order valence-electron chi connectivity index (χ1n) is 20.1. The summed E-state index contributed by atoms with van der Waals surface area (Å²) in [4.78, 5) is 70.6. The normalized spacial score (nSPS) is 22.8. The van der Waals surface area contributed by atoms with Gasteiger partial charge in [-0.25, -0.2) is 0 Å². The molecule has 15 nitrogen and oxygen atoms in total. The zero-order chi connectivity index (χ0) is 39.4. The number of methoxy groups -OCH3 is 2. The Hall–Kier alpha value is -5.70. The minimum atomic E-state index is -0.665. The van der Waals surface area contributed by atoms with Crippen molar-refractivity contribution in [1.29, 1.82) is 0 Å². The second-order valence-electron chi connectivity index (χ2n) is 16.1. The Kier molecular flexibility index (Phi) is 9.71. The molecule has 298 valence electrons. The molecule has 15 heteroatoms. The zero-order valence-electron chi connectivity index (χ0n) is 32.4. The lowest BCUT2D eigenvalue weighted by Gasteiger charge is -2.39. The number of piperazine rings is 1. The highest BCUT2D eigenvalue weighted by molar-refractivity contribution is 6.08. The molecule has 4 amide bonds. The second-order valence-corrected chi connectivity index (χ2v) is 16.1. The number of imide groups is 1. The van der Waals surface area contributed by atoms with Crippen LogP contribution >= 0.6 is 0 Å². The van der Waals surface area contributed by atoms with Gasteiger partial charge in [0.25, 0.3) is 17.4 Å².